The van der Waals surface area contributed by atoms with E-state index in [4.69, 9.17) is 5.14 Å². The van der Waals surface area contributed by atoms with E-state index in [1.54, 1.807) is 24.3 Å². The van der Waals surface area contributed by atoms with Crippen LogP contribution in [0.5, 0.6) is 0 Å². The summed E-state index contributed by atoms with van der Waals surface area (Å²) < 4.78 is 49.7. The normalized spacial score (nSPS) is 14.8. The first kappa shape index (κ1) is 16.0. The van der Waals surface area contributed by atoms with Gasteiger partial charge in [-0.05, 0) is 49.2 Å². The Bertz CT molecular complexity index is 965. The monoisotopic (exact) mass is 352 g/mol. The van der Waals surface area contributed by atoms with Crippen LogP contribution in [-0.4, -0.2) is 23.4 Å². The van der Waals surface area contributed by atoms with Gasteiger partial charge < -0.3 is 0 Å². The number of aryl methyl sites for hydroxylation is 1. The third kappa shape index (κ3) is 2.85. The minimum Gasteiger partial charge on any atom is -0.266 e. The molecule has 6 nitrogen and oxygen atoms in total. The van der Waals surface area contributed by atoms with Crippen molar-refractivity contribution in [2.24, 2.45) is 5.14 Å². The van der Waals surface area contributed by atoms with Crippen molar-refractivity contribution in [3.8, 4) is 0 Å². The van der Waals surface area contributed by atoms with Crippen LogP contribution in [0, 0.1) is 6.92 Å². The lowest BCUT2D eigenvalue weighted by Crippen LogP contribution is -2.29. The van der Waals surface area contributed by atoms with Gasteiger partial charge in [-0.15, -0.1) is 0 Å². The molecule has 0 atom stereocenters. The van der Waals surface area contributed by atoms with Gasteiger partial charge in [-0.1, -0.05) is 17.7 Å². The summed E-state index contributed by atoms with van der Waals surface area (Å²) in [6, 6.07) is 10.9. The van der Waals surface area contributed by atoms with Gasteiger partial charge in [-0.25, -0.2) is 22.0 Å². The van der Waals surface area contributed by atoms with Gasteiger partial charge in [0.05, 0.1) is 15.5 Å². The van der Waals surface area contributed by atoms with Gasteiger partial charge in [0.25, 0.3) is 10.0 Å². The molecule has 0 aliphatic carbocycles. The Morgan fingerprint density at radius 2 is 1.57 bits per heavy atom. The highest BCUT2D eigenvalue weighted by molar-refractivity contribution is 7.92. The molecule has 3 rings (SSSR count). The summed E-state index contributed by atoms with van der Waals surface area (Å²) in [7, 11) is -7.47. The Hall–Kier alpha value is -1.90. The van der Waals surface area contributed by atoms with Gasteiger partial charge in [0, 0.05) is 6.54 Å². The molecule has 8 heteroatoms. The number of fused-ring (bicyclic) bond motifs is 1. The highest BCUT2D eigenvalue weighted by Crippen LogP contribution is 2.34. The predicted molar refractivity (Wildman–Crippen MR) is 87.2 cm³/mol. The number of nitrogens with two attached hydrogens (primary N) is 1. The molecule has 1 aliphatic rings. The quantitative estimate of drug-likeness (QED) is 0.902. The lowest BCUT2D eigenvalue weighted by atomic mass is 10.2. The molecule has 0 radical (unpaired) electrons. The van der Waals surface area contributed by atoms with E-state index in [0.29, 0.717) is 17.7 Å². The van der Waals surface area contributed by atoms with Crippen LogP contribution in [0.3, 0.4) is 0 Å². The zero-order valence-corrected chi connectivity index (χ0v) is 14.1. The molecule has 0 amide bonds. The zero-order valence-electron chi connectivity index (χ0n) is 12.4. The molecule has 2 N–H and O–H groups in total. The minimum atomic E-state index is -3.80. The Kier molecular flexibility index (Phi) is 3.70. The lowest BCUT2D eigenvalue weighted by molar-refractivity contribution is 0.592. The molecule has 1 aliphatic heterocycles. The second kappa shape index (κ2) is 5.33. The van der Waals surface area contributed by atoms with Crippen LogP contribution in [0.4, 0.5) is 5.69 Å². The van der Waals surface area contributed by atoms with Crippen LogP contribution < -0.4 is 9.44 Å². The van der Waals surface area contributed by atoms with Crippen molar-refractivity contribution in [1.82, 2.24) is 0 Å². The summed E-state index contributed by atoms with van der Waals surface area (Å²) in [5.74, 6) is 0. The van der Waals surface area contributed by atoms with E-state index >= 15 is 0 Å². The van der Waals surface area contributed by atoms with Crippen molar-refractivity contribution in [1.29, 1.82) is 0 Å². The van der Waals surface area contributed by atoms with E-state index in [2.05, 4.69) is 0 Å². The number of sulfonamides is 2. The molecule has 0 saturated heterocycles. The molecule has 0 fully saturated rings. The Morgan fingerprint density at radius 1 is 0.957 bits per heavy atom. The molecule has 23 heavy (non-hydrogen) atoms. The van der Waals surface area contributed by atoms with Crippen LogP contribution in [0.15, 0.2) is 52.3 Å². The van der Waals surface area contributed by atoms with Gasteiger partial charge in [0.2, 0.25) is 10.0 Å². The maximum absolute atomic E-state index is 12.8. The van der Waals surface area contributed by atoms with E-state index in [0.717, 1.165) is 5.56 Å². The molecule has 0 saturated carbocycles. The third-order valence-corrected chi connectivity index (χ3v) is 6.58. The maximum Gasteiger partial charge on any atom is 0.264 e. The zero-order chi connectivity index (χ0) is 16.8. The van der Waals surface area contributed by atoms with Crippen molar-refractivity contribution >= 4 is 25.7 Å². The fourth-order valence-corrected chi connectivity index (χ4v) is 4.68. The first-order chi connectivity index (χ1) is 10.7. The maximum atomic E-state index is 12.8. The van der Waals surface area contributed by atoms with Gasteiger partial charge >= 0.3 is 0 Å². The fraction of sp³-hybridized carbons (Fsp3) is 0.200. The lowest BCUT2D eigenvalue weighted by Gasteiger charge is -2.19. The van der Waals surface area contributed by atoms with E-state index in [1.165, 1.54) is 22.5 Å². The second-order valence-electron chi connectivity index (χ2n) is 5.48. The second-order valence-corrected chi connectivity index (χ2v) is 8.90. The van der Waals surface area contributed by atoms with Crippen LogP contribution in [0.2, 0.25) is 0 Å². The molecule has 0 unspecified atom stereocenters. The third-order valence-electron chi connectivity index (χ3n) is 3.84. The van der Waals surface area contributed by atoms with Crippen molar-refractivity contribution in [2.45, 2.75) is 23.1 Å². The number of anilines is 1. The predicted octanol–water partition coefficient (Wildman–Crippen LogP) is 1.39. The van der Waals surface area contributed by atoms with Crippen LogP contribution >= 0.6 is 0 Å². The van der Waals surface area contributed by atoms with Crippen LogP contribution in [0.1, 0.15) is 11.1 Å². The molecule has 122 valence electrons. The van der Waals surface area contributed by atoms with Crippen molar-refractivity contribution < 1.29 is 16.8 Å². The van der Waals surface area contributed by atoms with Crippen LogP contribution in [-0.2, 0) is 26.5 Å². The summed E-state index contributed by atoms with van der Waals surface area (Å²) >= 11 is 0. The van der Waals surface area contributed by atoms with Gasteiger partial charge in [-0.3, -0.25) is 4.31 Å². The van der Waals surface area contributed by atoms with Crippen molar-refractivity contribution in [2.75, 3.05) is 10.8 Å². The molecule has 2 aromatic rings. The Labute approximate surface area is 135 Å². The standard InChI is InChI=1S/C15H16N2O4S2/c1-11-2-4-13(5-3-11)23(20,21)17-9-8-12-10-14(22(16,18)19)6-7-15(12)17/h2-7,10H,8-9H2,1H3,(H2,16,18,19). The molecule has 0 aromatic heterocycles. The molecule has 2 aromatic carbocycles. The topological polar surface area (TPSA) is 97.5 Å². The minimum absolute atomic E-state index is 0.00849. The Balaban J connectivity index is 2.04. The summed E-state index contributed by atoms with van der Waals surface area (Å²) in [5.41, 5.74) is 2.13. The molecule has 1 heterocycles. The average molecular weight is 352 g/mol. The molecular weight excluding hydrogens is 336 g/mol. The largest absolute Gasteiger partial charge is 0.266 e. The van der Waals surface area contributed by atoms with Crippen molar-refractivity contribution in [3.05, 3.63) is 53.6 Å². The smallest absolute Gasteiger partial charge is 0.264 e. The number of hydrogen-bond donors (Lipinski definition) is 1. The number of hydrogen-bond acceptors (Lipinski definition) is 4. The van der Waals surface area contributed by atoms with E-state index in [-0.39, 0.29) is 16.3 Å². The highest BCUT2D eigenvalue weighted by Gasteiger charge is 2.31. The first-order valence-corrected chi connectivity index (χ1v) is 9.93. The number of nitrogens with zero attached hydrogens (tertiary/aromatic N) is 1. The first-order valence-electron chi connectivity index (χ1n) is 6.95. The van der Waals surface area contributed by atoms with Gasteiger partial charge in [0.15, 0.2) is 0 Å². The summed E-state index contributed by atoms with van der Waals surface area (Å²) in [6.07, 6.45) is 0.448. The van der Waals surface area contributed by atoms with E-state index < -0.39 is 20.0 Å². The van der Waals surface area contributed by atoms with E-state index in [1.807, 2.05) is 6.92 Å². The fourth-order valence-electron chi connectivity index (χ4n) is 2.61. The van der Waals surface area contributed by atoms with Crippen LogP contribution in [0.25, 0.3) is 0 Å². The number of benzene rings is 2. The summed E-state index contributed by atoms with van der Waals surface area (Å²) in [5, 5.41) is 5.12. The summed E-state index contributed by atoms with van der Waals surface area (Å²) in [4.78, 5) is 0.206. The number of rotatable bonds is 3. The molecule has 0 bridgehead atoms. The SMILES string of the molecule is Cc1ccc(S(=O)(=O)N2CCc3cc(S(N)(=O)=O)ccc32)cc1. The summed E-state index contributed by atoms with van der Waals surface area (Å²) in [6.45, 7) is 2.16. The number of primary sulfonamides is 1. The van der Waals surface area contributed by atoms with E-state index in [9.17, 15) is 16.8 Å². The van der Waals surface area contributed by atoms with Gasteiger partial charge in [-0.2, -0.15) is 0 Å². The average Bonchev–Trinajstić information content (AvgIpc) is 2.90. The molecule has 0 spiro atoms. The molecular formula is C15H16N2O4S2. The van der Waals surface area contributed by atoms with Gasteiger partial charge in [0.1, 0.15) is 0 Å². The Morgan fingerprint density at radius 3 is 2.17 bits per heavy atom. The van der Waals surface area contributed by atoms with Crippen molar-refractivity contribution in [3.63, 3.8) is 0 Å². The highest BCUT2D eigenvalue weighted by atomic mass is 32.2.